The van der Waals surface area contributed by atoms with Gasteiger partial charge < -0.3 is 15.3 Å². The molecule has 0 aromatic rings. The summed E-state index contributed by atoms with van der Waals surface area (Å²) in [7, 11) is 0. The Labute approximate surface area is 113 Å². The molecular formula is C15H34O3. The van der Waals surface area contributed by atoms with Gasteiger partial charge in [-0.1, -0.05) is 71.1 Å². The van der Waals surface area contributed by atoms with Crippen LogP contribution in [-0.2, 0) is 0 Å². The fourth-order valence-electron chi connectivity index (χ4n) is 1.78. The summed E-state index contributed by atoms with van der Waals surface area (Å²) in [6, 6.07) is 0. The normalized spacial score (nSPS) is 10.0. The highest BCUT2D eigenvalue weighted by Crippen LogP contribution is 2.10. The van der Waals surface area contributed by atoms with Gasteiger partial charge in [0.1, 0.15) is 0 Å². The Kier molecular flexibility index (Phi) is 24.8. The standard InChI is InChI=1S/C13H28O.C2H6O2/c1-2-3-4-5-6-7-8-9-10-11-12-13-14;3-1-2-4/h14H,2-13H2,1H3;3-4H,1-2H2. The Balaban J connectivity index is 0. The summed E-state index contributed by atoms with van der Waals surface area (Å²) in [6.07, 6.45) is 14.8. The van der Waals surface area contributed by atoms with E-state index in [-0.39, 0.29) is 13.2 Å². The number of aliphatic hydroxyl groups is 3. The molecule has 0 aromatic carbocycles. The summed E-state index contributed by atoms with van der Waals surface area (Å²) < 4.78 is 0. The second-order valence-electron chi connectivity index (χ2n) is 4.71. The maximum Gasteiger partial charge on any atom is 0.0662 e. The van der Waals surface area contributed by atoms with Crippen molar-refractivity contribution in [3.8, 4) is 0 Å². The molecule has 3 nitrogen and oxygen atoms in total. The van der Waals surface area contributed by atoms with Gasteiger partial charge in [-0.3, -0.25) is 0 Å². The fourth-order valence-corrected chi connectivity index (χ4v) is 1.78. The summed E-state index contributed by atoms with van der Waals surface area (Å²) in [5.74, 6) is 0. The monoisotopic (exact) mass is 262 g/mol. The SMILES string of the molecule is CCCCCCCCCCCCCO.OCCO. The van der Waals surface area contributed by atoms with Crippen molar-refractivity contribution in [2.45, 2.75) is 77.6 Å². The summed E-state index contributed by atoms with van der Waals surface area (Å²) in [5.41, 5.74) is 0. The minimum Gasteiger partial charge on any atom is -0.396 e. The first kappa shape index (κ1) is 20.2. The molecule has 3 heteroatoms. The summed E-state index contributed by atoms with van der Waals surface area (Å²) in [5, 5.41) is 23.8. The third-order valence-corrected chi connectivity index (χ3v) is 2.86. The molecule has 0 saturated carbocycles. The average molecular weight is 262 g/mol. The Hall–Kier alpha value is -0.120. The molecule has 0 aromatic heterocycles. The van der Waals surface area contributed by atoms with Crippen molar-refractivity contribution in [2.75, 3.05) is 19.8 Å². The first-order chi connectivity index (χ1) is 8.83. The van der Waals surface area contributed by atoms with E-state index in [1.165, 1.54) is 64.2 Å². The molecular weight excluding hydrogens is 228 g/mol. The third kappa shape index (κ3) is 24.9. The lowest BCUT2D eigenvalue weighted by Gasteiger charge is -2.01. The van der Waals surface area contributed by atoms with Crippen LogP contribution in [0, 0.1) is 0 Å². The molecule has 0 unspecified atom stereocenters. The zero-order valence-electron chi connectivity index (χ0n) is 12.2. The molecule has 0 spiro atoms. The van der Waals surface area contributed by atoms with Crippen molar-refractivity contribution < 1.29 is 15.3 Å². The quantitative estimate of drug-likeness (QED) is 0.473. The Morgan fingerprint density at radius 1 is 0.444 bits per heavy atom. The second kappa shape index (κ2) is 22.1. The minimum atomic E-state index is -0.125. The van der Waals surface area contributed by atoms with Crippen molar-refractivity contribution in [3.63, 3.8) is 0 Å². The highest BCUT2D eigenvalue weighted by molar-refractivity contribution is 4.47. The van der Waals surface area contributed by atoms with Gasteiger partial charge in [0, 0.05) is 6.61 Å². The van der Waals surface area contributed by atoms with Crippen LogP contribution in [0.15, 0.2) is 0 Å². The van der Waals surface area contributed by atoms with Crippen molar-refractivity contribution in [1.82, 2.24) is 0 Å². The highest BCUT2D eigenvalue weighted by atomic mass is 16.3. The van der Waals surface area contributed by atoms with Crippen LogP contribution < -0.4 is 0 Å². The van der Waals surface area contributed by atoms with Gasteiger partial charge in [0.05, 0.1) is 13.2 Å². The van der Waals surface area contributed by atoms with E-state index >= 15 is 0 Å². The highest BCUT2D eigenvalue weighted by Gasteiger charge is 1.91. The lowest BCUT2D eigenvalue weighted by Crippen LogP contribution is -1.85. The van der Waals surface area contributed by atoms with Crippen molar-refractivity contribution >= 4 is 0 Å². The lowest BCUT2D eigenvalue weighted by molar-refractivity contribution is 0.186. The zero-order valence-corrected chi connectivity index (χ0v) is 12.2. The molecule has 0 bridgehead atoms. The second-order valence-corrected chi connectivity index (χ2v) is 4.71. The van der Waals surface area contributed by atoms with Crippen molar-refractivity contribution in [3.05, 3.63) is 0 Å². The lowest BCUT2D eigenvalue weighted by atomic mass is 10.1. The molecule has 18 heavy (non-hydrogen) atoms. The average Bonchev–Trinajstić information content (AvgIpc) is 2.41. The van der Waals surface area contributed by atoms with E-state index in [4.69, 9.17) is 15.3 Å². The topological polar surface area (TPSA) is 60.7 Å². The number of aliphatic hydroxyl groups excluding tert-OH is 3. The molecule has 0 aliphatic heterocycles. The van der Waals surface area contributed by atoms with Crippen LogP contribution in [0.4, 0.5) is 0 Å². The van der Waals surface area contributed by atoms with Gasteiger partial charge in [0.2, 0.25) is 0 Å². The number of hydrogen-bond donors (Lipinski definition) is 3. The van der Waals surface area contributed by atoms with E-state index in [9.17, 15) is 0 Å². The van der Waals surface area contributed by atoms with Gasteiger partial charge in [-0.25, -0.2) is 0 Å². The van der Waals surface area contributed by atoms with E-state index in [0.29, 0.717) is 6.61 Å². The largest absolute Gasteiger partial charge is 0.396 e. The fraction of sp³-hybridized carbons (Fsp3) is 1.00. The zero-order chi connectivity index (χ0) is 13.9. The molecule has 0 rings (SSSR count). The van der Waals surface area contributed by atoms with Crippen molar-refractivity contribution in [2.24, 2.45) is 0 Å². The molecule has 0 saturated heterocycles. The van der Waals surface area contributed by atoms with Crippen LogP contribution in [-0.4, -0.2) is 35.1 Å². The maximum atomic E-state index is 8.59. The van der Waals surface area contributed by atoms with Gasteiger partial charge in [-0.05, 0) is 6.42 Å². The van der Waals surface area contributed by atoms with E-state index in [2.05, 4.69) is 6.92 Å². The van der Waals surface area contributed by atoms with Gasteiger partial charge in [0.25, 0.3) is 0 Å². The van der Waals surface area contributed by atoms with Crippen LogP contribution in [0.2, 0.25) is 0 Å². The minimum absolute atomic E-state index is 0.125. The molecule has 0 amide bonds. The molecule has 0 aliphatic carbocycles. The number of hydrogen-bond acceptors (Lipinski definition) is 3. The van der Waals surface area contributed by atoms with Crippen LogP contribution in [0.5, 0.6) is 0 Å². The molecule has 112 valence electrons. The van der Waals surface area contributed by atoms with E-state index in [1.54, 1.807) is 0 Å². The smallest absolute Gasteiger partial charge is 0.0662 e. The van der Waals surface area contributed by atoms with Crippen LogP contribution >= 0.6 is 0 Å². The van der Waals surface area contributed by atoms with Gasteiger partial charge in [-0.2, -0.15) is 0 Å². The number of rotatable bonds is 12. The molecule has 0 atom stereocenters. The Morgan fingerprint density at radius 3 is 1.06 bits per heavy atom. The number of unbranched alkanes of at least 4 members (excludes halogenated alkanes) is 10. The van der Waals surface area contributed by atoms with E-state index < -0.39 is 0 Å². The molecule has 0 heterocycles. The first-order valence-corrected chi connectivity index (χ1v) is 7.66. The first-order valence-electron chi connectivity index (χ1n) is 7.66. The van der Waals surface area contributed by atoms with Gasteiger partial charge in [-0.15, -0.1) is 0 Å². The predicted molar refractivity (Wildman–Crippen MR) is 77.7 cm³/mol. The van der Waals surface area contributed by atoms with Crippen molar-refractivity contribution in [1.29, 1.82) is 0 Å². The Morgan fingerprint density at radius 2 is 0.778 bits per heavy atom. The summed E-state index contributed by atoms with van der Waals surface area (Å²) >= 11 is 0. The van der Waals surface area contributed by atoms with Crippen LogP contribution in [0.1, 0.15) is 77.6 Å². The van der Waals surface area contributed by atoms with E-state index in [1.807, 2.05) is 0 Å². The molecule has 0 fully saturated rings. The predicted octanol–water partition coefficient (Wildman–Crippen LogP) is 3.26. The summed E-state index contributed by atoms with van der Waals surface area (Å²) in [6.45, 7) is 2.39. The third-order valence-electron chi connectivity index (χ3n) is 2.86. The van der Waals surface area contributed by atoms with Gasteiger partial charge >= 0.3 is 0 Å². The Bertz CT molecular complexity index is 104. The summed E-state index contributed by atoms with van der Waals surface area (Å²) in [4.78, 5) is 0. The molecule has 3 N–H and O–H groups in total. The van der Waals surface area contributed by atoms with Gasteiger partial charge in [0.15, 0.2) is 0 Å². The molecule has 0 radical (unpaired) electrons. The van der Waals surface area contributed by atoms with E-state index in [0.717, 1.165) is 6.42 Å². The van der Waals surface area contributed by atoms with Crippen LogP contribution in [0.3, 0.4) is 0 Å². The van der Waals surface area contributed by atoms with Crippen LogP contribution in [0.25, 0.3) is 0 Å². The molecule has 0 aliphatic rings. The maximum absolute atomic E-state index is 8.59.